The van der Waals surface area contributed by atoms with Crippen molar-refractivity contribution in [3.8, 4) is 22.7 Å². The van der Waals surface area contributed by atoms with Gasteiger partial charge in [-0.2, -0.15) is 5.10 Å². The number of aromatic nitrogens is 3. The largest absolute Gasteiger partial charge is 0.508 e. The zero-order chi connectivity index (χ0) is 27.3. The van der Waals surface area contributed by atoms with Gasteiger partial charge in [-0.15, -0.1) is 0 Å². The molecule has 0 bridgehead atoms. The first-order valence-corrected chi connectivity index (χ1v) is 12.3. The maximum atomic E-state index is 12.8. The molecule has 9 nitrogen and oxygen atoms in total. The standard InChI is InChI=1S/C29H32N6O3/c1-29(2,3)21-6-8-22(9-7-21)35-26(17-24(34-35)20-12-14-31-15-13-20)32-18-27(37)33-25(28(30)38)16-19-4-10-23(36)11-5-19/h4-15,17,25,32,36H,16,18H2,1-3H3,(H2,30,38)(H,33,37)/t25-/m0/s1. The number of anilines is 1. The Morgan fingerprint density at radius 3 is 2.26 bits per heavy atom. The highest BCUT2D eigenvalue weighted by molar-refractivity contribution is 5.88. The van der Waals surface area contributed by atoms with Gasteiger partial charge in [-0.1, -0.05) is 45.0 Å². The zero-order valence-corrected chi connectivity index (χ0v) is 21.7. The van der Waals surface area contributed by atoms with Gasteiger partial charge in [0, 0.05) is 30.4 Å². The van der Waals surface area contributed by atoms with E-state index in [1.165, 1.54) is 17.7 Å². The number of phenolic OH excluding ortho intramolecular Hbond substituents is 1. The molecule has 38 heavy (non-hydrogen) atoms. The molecule has 0 saturated carbocycles. The SMILES string of the molecule is CC(C)(C)c1ccc(-n2nc(-c3ccncc3)cc2NCC(=O)N[C@@H](Cc2ccc(O)cc2)C(N)=O)cc1. The minimum absolute atomic E-state index is 0.0150. The van der Waals surface area contributed by atoms with Gasteiger partial charge in [-0.05, 0) is 52.9 Å². The summed E-state index contributed by atoms with van der Waals surface area (Å²) in [6, 6.07) is 19.2. The van der Waals surface area contributed by atoms with Crippen LogP contribution in [0.3, 0.4) is 0 Å². The van der Waals surface area contributed by atoms with Gasteiger partial charge < -0.3 is 21.5 Å². The van der Waals surface area contributed by atoms with Crippen LogP contribution >= 0.6 is 0 Å². The molecule has 2 amide bonds. The van der Waals surface area contributed by atoms with E-state index in [0.29, 0.717) is 5.82 Å². The second-order valence-electron chi connectivity index (χ2n) is 10.1. The second-order valence-corrected chi connectivity index (χ2v) is 10.1. The molecule has 0 fully saturated rings. The van der Waals surface area contributed by atoms with Crippen LogP contribution in [-0.4, -0.2) is 44.3 Å². The van der Waals surface area contributed by atoms with Crippen LogP contribution in [-0.2, 0) is 21.4 Å². The molecule has 2 aromatic heterocycles. The van der Waals surface area contributed by atoms with E-state index in [2.05, 4.69) is 48.5 Å². The van der Waals surface area contributed by atoms with Gasteiger partial charge in [0.15, 0.2) is 0 Å². The fourth-order valence-corrected chi connectivity index (χ4v) is 3.98. The van der Waals surface area contributed by atoms with Crippen molar-refractivity contribution in [1.29, 1.82) is 0 Å². The predicted octanol–water partition coefficient (Wildman–Crippen LogP) is 3.56. The Morgan fingerprint density at radius 2 is 1.66 bits per heavy atom. The van der Waals surface area contributed by atoms with Gasteiger partial charge in [0.1, 0.15) is 17.6 Å². The number of benzene rings is 2. The Labute approximate surface area is 221 Å². The van der Waals surface area contributed by atoms with E-state index in [1.807, 2.05) is 30.3 Å². The number of phenols is 1. The molecule has 2 aromatic carbocycles. The quantitative estimate of drug-likeness (QED) is 0.271. The molecule has 0 unspecified atom stereocenters. The highest BCUT2D eigenvalue weighted by Crippen LogP contribution is 2.27. The van der Waals surface area contributed by atoms with E-state index in [-0.39, 0.29) is 24.1 Å². The number of nitrogens with one attached hydrogen (secondary N) is 2. The van der Waals surface area contributed by atoms with Gasteiger partial charge in [0.2, 0.25) is 11.8 Å². The third-order valence-corrected chi connectivity index (χ3v) is 6.15. The molecule has 9 heteroatoms. The van der Waals surface area contributed by atoms with Crippen molar-refractivity contribution >= 4 is 17.6 Å². The lowest BCUT2D eigenvalue weighted by molar-refractivity contribution is -0.126. The number of hydrogen-bond donors (Lipinski definition) is 4. The van der Waals surface area contributed by atoms with Crippen molar-refractivity contribution in [3.05, 3.63) is 90.3 Å². The lowest BCUT2D eigenvalue weighted by atomic mass is 9.87. The Balaban J connectivity index is 1.52. The number of carbonyl (C=O) groups excluding carboxylic acids is 2. The molecule has 1 atom stereocenters. The van der Waals surface area contributed by atoms with E-state index >= 15 is 0 Å². The van der Waals surface area contributed by atoms with Crippen LogP contribution in [0.5, 0.6) is 5.75 Å². The third kappa shape index (κ3) is 6.56. The Kier molecular flexibility index (Phi) is 7.76. The summed E-state index contributed by atoms with van der Waals surface area (Å²) >= 11 is 0. The third-order valence-electron chi connectivity index (χ3n) is 6.15. The number of nitrogens with zero attached hydrogens (tertiary/aromatic N) is 3. The van der Waals surface area contributed by atoms with Gasteiger partial charge in [-0.25, -0.2) is 4.68 Å². The van der Waals surface area contributed by atoms with Gasteiger partial charge in [-0.3, -0.25) is 14.6 Å². The highest BCUT2D eigenvalue weighted by atomic mass is 16.3. The van der Waals surface area contributed by atoms with Crippen LogP contribution in [0.1, 0.15) is 31.9 Å². The average Bonchev–Trinajstić information content (AvgIpc) is 3.33. The van der Waals surface area contributed by atoms with Crippen molar-refractivity contribution in [2.45, 2.75) is 38.6 Å². The van der Waals surface area contributed by atoms with Gasteiger partial charge in [0.05, 0.1) is 17.9 Å². The normalized spacial score (nSPS) is 12.1. The van der Waals surface area contributed by atoms with Crippen molar-refractivity contribution < 1.29 is 14.7 Å². The summed E-state index contributed by atoms with van der Waals surface area (Å²) in [6.07, 6.45) is 3.61. The lowest BCUT2D eigenvalue weighted by Gasteiger charge is -2.19. The monoisotopic (exact) mass is 512 g/mol. The Hall–Kier alpha value is -4.66. The Bertz CT molecular complexity index is 1390. The first-order chi connectivity index (χ1) is 18.1. The molecule has 0 aliphatic carbocycles. The molecule has 5 N–H and O–H groups in total. The zero-order valence-electron chi connectivity index (χ0n) is 21.7. The van der Waals surface area contributed by atoms with Crippen molar-refractivity contribution in [3.63, 3.8) is 0 Å². The Morgan fingerprint density at radius 1 is 1.00 bits per heavy atom. The second kappa shape index (κ2) is 11.2. The number of aromatic hydroxyl groups is 1. The lowest BCUT2D eigenvalue weighted by Crippen LogP contribution is -2.47. The highest BCUT2D eigenvalue weighted by Gasteiger charge is 2.20. The number of hydrogen-bond acceptors (Lipinski definition) is 6. The molecule has 4 aromatic rings. The van der Waals surface area contributed by atoms with E-state index in [4.69, 9.17) is 10.8 Å². The number of amides is 2. The topological polar surface area (TPSA) is 135 Å². The summed E-state index contributed by atoms with van der Waals surface area (Å²) in [6.45, 7) is 6.37. The molecule has 0 spiro atoms. The van der Waals surface area contributed by atoms with Crippen molar-refractivity contribution in [2.24, 2.45) is 5.73 Å². The molecule has 4 rings (SSSR count). The summed E-state index contributed by atoms with van der Waals surface area (Å²) in [4.78, 5) is 28.9. The minimum Gasteiger partial charge on any atom is -0.508 e. The van der Waals surface area contributed by atoms with Crippen LogP contribution in [0.25, 0.3) is 16.9 Å². The fourth-order valence-electron chi connectivity index (χ4n) is 3.98. The van der Waals surface area contributed by atoms with Gasteiger partial charge >= 0.3 is 0 Å². The predicted molar refractivity (Wildman–Crippen MR) is 147 cm³/mol. The number of primary amides is 1. The van der Waals surface area contributed by atoms with Crippen LogP contribution < -0.4 is 16.4 Å². The molecule has 0 saturated heterocycles. The smallest absolute Gasteiger partial charge is 0.240 e. The first kappa shape index (κ1) is 26.4. The van der Waals surface area contributed by atoms with E-state index in [1.54, 1.807) is 29.2 Å². The summed E-state index contributed by atoms with van der Waals surface area (Å²) < 4.78 is 1.75. The molecular weight excluding hydrogens is 480 g/mol. The first-order valence-electron chi connectivity index (χ1n) is 12.3. The minimum atomic E-state index is -0.893. The van der Waals surface area contributed by atoms with Crippen LogP contribution in [0.2, 0.25) is 0 Å². The number of nitrogens with two attached hydrogens (primary N) is 1. The molecule has 0 aliphatic heterocycles. The van der Waals surface area contributed by atoms with Crippen LogP contribution in [0.15, 0.2) is 79.1 Å². The van der Waals surface area contributed by atoms with Crippen LogP contribution in [0.4, 0.5) is 5.82 Å². The van der Waals surface area contributed by atoms with Crippen molar-refractivity contribution in [2.75, 3.05) is 11.9 Å². The number of pyridine rings is 1. The van der Waals surface area contributed by atoms with Crippen LogP contribution in [0, 0.1) is 0 Å². The summed E-state index contributed by atoms with van der Waals surface area (Å²) in [5.74, 6) is -0.303. The van der Waals surface area contributed by atoms with E-state index < -0.39 is 17.9 Å². The van der Waals surface area contributed by atoms with E-state index in [0.717, 1.165) is 22.5 Å². The number of rotatable bonds is 9. The summed E-state index contributed by atoms with van der Waals surface area (Å²) in [5, 5.41) is 20.1. The fraction of sp³-hybridized carbons (Fsp3) is 0.241. The summed E-state index contributed by atoms with van der Waals surface area (Å²) in [7, 11) is 0. The van der Waals surface area contributed by atoms with Gasteiger partial charge in [0.25, 0.3) is 0 Å². The molecular formula is C29H32N6O3. The maximum Gasteiger partial charge on any atom is 0.240 e. The van der Waals surface area contributed by atoms with Crippen molar-refractivity contribution in [1.82, 2.24) is 20.1 Å². The average molecular weight is 513 g/mol. The molecule has 196 valence electrons. The maximum absolute atomic E-state index is 12.8. The summed E-state index contributed by atoms with van der Waals surface area (Å²) in [5.41, 5.74) is 9.96. The molecule has 0 radical (unpaired) electrons. The van der Waals surface area contributed by atoms with E-state index in [9.17, 15) is 14.7 Å². The number of carbonyl (C=O) groups is 2. The molecule has 0 aliphatic rings. The molecule has 2 heterocycles.